The number of aromatic nitrogens is 3. The number of pyridine rings is 1. The van der Waals surface area contributed by atoms with Gasteiger partial charge in [-0.05, 0) is 41.1 Å². The van der Waals surface area contributed by atoms with E-state index < -0.39 is 11.9 Å². The second kappa shape index (κ2) is 5.07. The van der Waals surface area contributed by atoms with Gasteiger partial charge in [0.1, 0.15) is 4.60 Å². The number of carboxylic acids is 1. The summed E-state index contributed by atoms with van der Waals surface area (Å²) in [6.45, 7) is 1.58. The van der Waals surface area contributed by atoms with E-state index in [9.17, 15) is 4.79 Å². The van der Waals surface area contributed by atoms with Crippen molar-refractivity contribution in [3.05, 3.63) is 39.7 Å². The van der Waals surface area contributed by atoms with Crippen molar-refractivity contribution in [3.8, 4) is 5.82 Å². The minimum absolute atomic E-state index is 0.409. The third kappa shape index (κ3) is 2.39. The van der Waals surface area contributed by atoms with Crippen LogP contribution in [0, 0.1) is 0 Å². The van der Waals surface area contributed by atoms with Gasteiger partial charge in [-0.1, -0.05) is 11.6 Å². The average molecular weight is 331 g/mol. The van der Waals surface area contributed by atoms with Crippen LogP contribution in [0.4, 0.5) is 0 Å². The van der Waals surface area contributed by atoms with Gasteiger partial charge in [0.2, 0.25) is 0 Å². The van der Waals surface area contributed by atoms with Crippen molar-refractivity contribution in [1.82, 2.24) is 14.8 Å². The fraction of sp³-hybridized carbons (Fsp3) is 0.182. The minimum atomic E-state index is -0.935. The molecule has 0 aliphatic heterocycles. The summed E-state index contributed by atoms with van der Waals surface area (Å²) < 4.78 is 1.97. The predicted molar refractivity (Wildman–Crippen MR) is 70.1 cm³/mol. The third-order valence-corrected chi connectivity index (χ3v) is 3.14. The maximum absolute atomic E-state index is 11.1. The highest BCUT2D eigenvalue weighted by Crippen LogP contribution is 2.25. The molecule has 18 heavy (non-hydrogen) atoms. The highest BCUT2D eigenvalue weighted by atomic mass is 79.9. The molecule has 2 aromatic rings. The molecule has 2 rings (SSSR count). The van der Waals surface area contributed by atoms with Crippen LogP contribution in [-0.4, -0.2) is 25.8 Å². The molecule has 0 saturated heterocycles. The van der Waals surface area contributed by atoms with E-state index in [4.69, 9.17) is 16.7 Å². The van der Waals surface area contributed by atoms with E-state index in [-0.39, 0.29) is 0 Å². The standard InChI is InChI=1S/C11H9BrClN3O2/c1-6(11(17)18)8-5-9(12)15-16(8)10-7(13)3-2-4-14-10/h2-6H,1H3,(H,17,18). The Labute approximate surface area is 117 Å². The van der Waals surface area contributed by atoms with Gasteiger partial charge in [0.25, 0.3) is 0 Å². The van der Waals surface area contributed by atoms with Gasteiger partial charge in [0, 0.05) is 6.20 Å². The molecule has 1 unspecified atom stereocenters. The predicted octanol–water partition coefficient (Wildman–Crippen LogP) is 2.87. The first-order chi connectivity index (χ1) is 8.50. The van der Waals surface area contributed by atoms with Crippen LogP contribution in [0.15, 0.2) is 29.0 Å². The number of aliphatic carboxylic acids is 1. The fourth-order valence-electron chi connectivity index (χ4n) is 1.50. The molecule has 2 aromatic heterocycles. The molecular weight excluding hydrogens is 321 g/mol. The van der Waals surface area contributed by atoms with E-state index in [1.807, 2.05) is 0 Å². The van der Waals surface area contributed by atoms with Gasteiger partial charge in [-0.15, -0.1) is 0 Å². The molecule has 0 saturated carbocycles. The van der Waals surface area contributed by atoms with Crippen LogP contribution in [-0.2, 0) is 4.79 Å². The van der Waals surface area contributed by atoms with Crippen LogP contribution >= 0.6 is 27.5 Å². The Bertz CT molecular complexity index is 600. The van der Waals surface area contributed by atoms with E-state index in [0.717, 1.165) is 0 Å². The van der Waals surface area contributed by atoms with Crippen molar-refractivity contribution in [3.63, 3.8) is 0 Å². The zero-order valence-corrected chi connectivity index (χ0v) is 11.7. The van der Waals surface area contributed by atoms with Gasteiger partial charge < -0.3 is 5.11 Å². The molecule has 5 nitrogen and oxygen atoms in total. The maximum Gasteiger partial charge on any atom is 0.312 e. The van der Waals surface area contributed by atoms with Crippen LogP contribution in [0.3, 0.4) is 0 Å². The lowest BCUT2D eigenvalue weighted by molar-refractivity contribution is -0.138. The molecule has 0 fully saturated rings. The lowest BCUT2D eigenvalue weighted by atomic mass is 10.1. The molecule has 0 radical (unpaired) electrons. The Balaban J connectivity index is 2.58. The monoisotopic (exact) mass is 329 g/mol. The minimum Gasteiger partial charge on any atom is -0.481 e. The first-order valence-electron chi connectivity index (χ1n) is 5.10. The number of nitrogens with zero attached hydrogens (tertiary/aromatic N) is 3. The number of carboxylic acid groups (broad SMARTS) is 1. The van der Waals surface area contributed by atoms with Gasteiger partial charge in [0.15, 0.2) is 5.82 Å². The van der Waals surface area contributed by atoms with Crippen molar-refractivity contribution < 1.29 is 9.90 Å². The molecule has 1 atom stereocenters. The SMILES string of the molecule is CC(C(=O)O)c1cc(Br)nn1-c1ncccc1Cl. The van der Waals surface area contributed by atoms with Gasteiger partial charge in [-0.2, -0.15) is 5.10 Å². The van der Waals surface area contributed by atoms with Crippen molar-refractivity contribution >= 4 is 33.5 Å². The molecule has 0 aliphatic rings. The molecule has 94 valence electrons. The van der Waals surface area contributed by atoms with Crippen LogP contribution < -0.4 is 0 Å². The molecule has 0 aromatic carbocycles. The van der Waals surface area contributed by atoms with Crippen LogP contribution in [0.2, 0.25) is 5.02 Å². The Hall–Kier alpha value is -1.40. The molecule has 1 N–H and O–H groups in total. The summed E-state index contributed by atoms with van der Waals surface area (Å²) >= 11 is 9.26. The van der Waals surface area contributed by atoms with Crippen LogP contribution in [0.1, 0.15) is 18.5 Å². The first kappa shape index (κ1) is 13.0. The van der Waals surface area contributed by atoms with Crippen molar-refractivity contribution in [2.75, 3.05) is 0 Å². The second-order valence-electron chi connectivity index (χ2n) is 3.67. The molecule has 7 heteroatoms. The number of hydrogen-bond donors (Lipinski definition) is 1. The largest absolute Gasteiger partial charge is 0.481 e. The number of halogens is 2. The van der Waals surface area contributed by atoms with Crippen molar-refractivity contribution in [2.45, 2.75) is 12.8 Å². The summed E-state index contributed by atoms with van der Waals surface area (Å²) in [6, 6.07) is 5.02. The molecule has 0 aliphatic carbocycles. The number of rotatable bonds is 3. The van der Waals surface area contributed by atoms with Crippen LogP contribution in [0.5, 0.6) is 0 Å². The van der Waals surface area contributed by atoms with E-state index in [1.165, 1.54) is 4.68 Å². The summed E-state index contributed by atoms with van der Waals surface area (Å²) in [5, 5.41) is 13.7. The van der Waals surface area contributed by atoms with Crippen molar-refractivity contribution in [2.24, 2.45) is 0 Å². The highest BCUT2D eigenvalue weighted by Gasteiger charge is 2.22. The Morgan fingerprint density at radius 3 is 2.94 bits per heavy atom. The van der Waals surface area contributed by atoms with Gasteiger partial charge in [0.05, 0.1) is 16.6 Å². The second-order valence-corrected chi connectivity index (χ2v) is 4.89. The highest BCUT2D eigenvalue weighted by molar-refractivity contribution is 9.10. The molecule has 0 spiro atoms. The topological polar surface area (TPSA) is 68.0 Å². The summed E-state index contributed by atoms with van der Waals surface area (Å²) in [4.78, 5) is 15.2. The number of hydrogen-bond acceptors (Lipinski definition) is 3. The van der Waals surface area contributed by atoms with E-state index in [0.29, 0.717) is 21.1 Å². The Kier molecular flexibility index (Phi) is 3.68. The van der Waals surface area contributed by atoms with E-state index in [1.54, 1.807) is 31.3 Å². The van der Waals surface area contributed by atoms with Gasteiger partial charge >= 0.3 is 5.97 Å². The Morgan fingerprint density at radius 1 is 1.61 bits per heavy atom. The summed E-state index contributed by atoms with van der Waals surface area (Å²) in [5.41, 5.74) is 0.509. The fourth-order valence-corrected chi connectivity index (χ4v) is 2.10. The maximum atomic E-state index is 11.1. The zero-order chi connectivity index (χ0) is 13.3. The molecule has 2 heterocycles. The summed E-state index contributed by atoms with van der Waals surface area (Å²) in [7, 11) is 0. The first-order valence-corrected chi connectivity index (χ1v) is 6.27. The third-order valence-electron chi connectivity index (χ3n) is 2.46. The summed E-state index contributed by atoms with van der Waals surface area (Å²) in [6.07, 6.45) is 1.58. The lowest BCUT2D eigenvalue weighted by Crippen LogP contribution is -2.14. The van der Waals surface area contributed by atoms with Crippen molar-refractivity contribution in [1.29, 1.82) is 0 Å². The van der Waals surface area contributed by atoms with Crippen LogP contribution in [0.25, 0.3) is 5.82 Å². The molecule has 0 bridgehead atoms. The van der Waals surface area contributed by atoms with Gasteiger partial charge in [-0.3, -0.25) is 4.79 Å². The smallest absolute Gasteiger partial charge is 0.312 e. The van der Waals surface area contributed by atoms with E-state index >= 15 is 0 Å². The molecule has 0 amide bonds. The normalized spacial score (nSPS) is 12.4. The number of carbonyl (C=O) groups is 1. The zero-order valence-electron chi connectivity index (χ0n) is 9.34. The van der Waals surface area contributed by atoms with E-state index in [2.05, 4.69) is 26.0 Å². The lowest BCUT2D eigenvalue weighted by Gasteiger charge is -2.10. The Morgan fingerprint density at radius 2 is 2.33 bits per heavy atom. The average Bonchev–Trinajstić information content (AvgIpc) is 2.70. The summed E-state index contributed by atoms with van der Waals surface area (Å²) in [5.74, 6) is -1.23. The van der Waals surface area contributed by atoms with Gasteiger partial charge in [-0.25, -0.2) is 9.67 Å². The molecular formula is C11H9BrClN3O2. The quantitative estimate of drug-likeness (QED) is 0.939.